The van der Waals surface area contributed by atoms with Crippen LogP contribution in [-0.2, 0) is 16.0 Å². The highest BCUT2D eigenvalue weighted by Crippen LogP contribution is 2.34. The molecule has 0 N–H and O–H groups in total. The van der Waals surface area contributed by atoms with Crippen molar-refractivity contribution in [2.24, 2.45) is 5.92 Å². The number of hydrogen-bond donors (Lipinski definition) is 0. The SMILES string of the molecule is CCOC(=O)C1CCc2c(OC)ccc(C)c2C1=O. The van der Waals surface area contributed by atoms with Crippen LogP contribution in [-0.4, -0.2) is 25.5 Å². The van der Waals surface area contributed by atoms with Crippen LogP contribution in [0.3, 0.4) is 0 Å². The zero-order valence-corrected chi connectivity index (χ0v) is 11.5. The first-order chi connectivity index (χ1) is 9.10. The lowest BCUT2D eigenvalue weighted by Gasteiger charge is -2.24. The van der Waals surface area contributed by atoms with Gasteiger partial charge in [-0.1, -0.05) is 6.07 Å². The molecular formula is C15H18O4. The summed E-state index contributed by atoms with van der Waals surface area (Å²) in [5, 5.41) is 0. The maximum absolute atomic E-state index is 12.5. The van der Waals surface area contributed by atoms with Crippen molar-refractivity contribution in [3.63, 3.8) is 0 Å². The number of Topliss-reactive ketones (excluding diaryl/α,β-unsaturated/α-hetero) is 1. The molecule has 2 rings (SSSR count). The normalized spacial score (nSPS) is 17.8. The molecule has 0 aliphatic heterocycles. The predicted octanol–water partition coefficient (Wildman–Crippen LogP) is 2.31. The minimum absolute atomic E-state index is 0.142. The predicted molar refractivity (Wildman–Crippen MR) is 70.5 cm³/mol. The van der Waals surface area contributed by atoms with Crippen molar-refractivity contribution in [1.29, 1.82) is 0 Å². The zero-order chi connectivity index (χ0) is 14.0. The molecule has 0 aromatic heterocycles. The van der Waals surface area contributed by atoms with Gasteiger partial charge in [-0.15, -0.1) is 0 Å². The fourth-order valence-corrected chi connectivity index (χ4v) is 2.59. The molecule has 1 atom stereocenters. The molecule has 0 radical (unpaired) electrons. The third kappa shape index (κ3) is 2.35. The van der Waals surface area contributed by atoms with Gasteiger partial charge in [0.05, 0.1) is 13.7 Å². The number of carbonyl (C=O) groups excluding carboxylic acids is 2. The van der Waals surface area contributed by atoms with Crippen LogP contribution >= 0.6 is 0 Å². The van der Waals surface area contributed by atoms with E-state index in [9.17, 15) is 9.59 Å². The van der Waals surface area contributed by atoms with Crippen LogP contribution < -0.4 is 4.74 Å². The highest BCUT2D eigenvalue weighted by Gasteiger charge is 2.36. The average molecular weight is 262 g/mol. The monoisotopic (exact) mass is 262 g/mol. The molecule has 0 fully saturated rings. The van der Waals surface area contributed by atoms with Crippen molar-refractivity contribution in [3.05, 3.63) is 28.8 Å². The van der Waals surface area contributed by atoms with Gasteiger partial charge < -0.3 is 9.47 Å². The minimum atomic E-state index is -0.668. The van der Waals surface area contributed by atoms with Crippen molar-refractivity contribution in [2.45, 2.75) is 26.7 Å². The molecule has 1 aromatic rings. The number of carbonyl (C=O) groups is 2. The molecule has 19 heavy (non-hydrogen) atoms. The second-order valence-electron chi connectivity index (χ2n) is 4.65. The molecule has 102 valence electrons. The molecule has 0 bridgehead atoms. The van der Waals surface area contributed by atoms with E-state index in [-0.39, 0.29) is 5.78 Å². The lowest BCUT2D eigenvalue weighted by atomic mass is 9.80. The van der Waals surface area contributed by atoms with Crippen LogP contribution in [0.1, 0.15) is 34.8 Å². The highest BCUT2D eigenvalue weighted by atomic mass is 16.5. The Morgan fingerprint density at radius 1 is 1.42 bits per heavy atom. The second kappa shape index (κ2) is 5.43. The van der Waals surface area contributed by atoms with E-state index in [0.717, 1.165) is 16.9 Å². The van der Waals surface area contributed by atoms with Gasteiger partial charge >= 0.3 is 5.97 Å². The first-order valence-corrected chi connectivity index (χ1v) is 6.47. The third-order valence-electron chi connectivity index (χ3n) is 3.52. The first kappa shape index (κ1) is 13.6. The summed E-state index contributed by atoms with van der Waals surface area (Å²) in [4.78, 5) is 24.3. The van der Waals surface area contributed by atoms with Crippen molar-refractivity contribution in [2.75, 3.05) is 13.7 Å². The fourth-order valence-electron chi connectivity index (χ4n) is 2.59. The van der Waals surface area contributed by atoms with E-state index in [1.807, 2.05) is 19.1 Å². The number of hydrogen-bond acceptors (Lipinski definition) is 4. The molecule has 4 nitrogen and oxygen atoms in total. The van der Waals surface area contributed by atoms with Crippen LogP contribution in [0.4, 0.5) is 0 Å². The molecule has 0 amide bonds. The van der Waals surface area contributed by atoms with E-state index in [0.29, 0.717) is 25.0 Å². The molecule has 1 unspecified atom stereocenters. The summed E-state index contributed by atoms with van der Waals surface area (Å²) in [6.07, 6.45) is 1.15. The number of ketones is 1. The molecule has 1 aliphatic rings. The largest absolute Gasteiger partial charge is 0.496 e. The fraction of sp³-hybridized carbons (Fsp3) is 0.467. The van der Waals surface area contributed by atoms with E-state index in [4.69, 9.17) is 9.47 Å². The summed E-state index contributed by atoms with van der Waals surface area (Å²) in [6, 6.07) is 3.72. The van der Waals surface area contributed by atoms with Gasteiger partial charge in [0.1, 0.15) is 11.7 Å². The number of fused-ring (bicyclic) bond motifs is 1. The number of benzene rings is 1. The first-order valence-electron chi connectivity index (χ1n) is 6.47. The highest BCUT2D eigenvalue weighted by molar-refractivity contribution is 6.11. The summed E-state index contributed by atoms with van der Waals surface area (Å²) < 4.78 is 10.3. The minimum Gasteiger partial charge on any atom is -0.496 e. The van der Waals surface area contributed by atoms with Crippen molar-refractivity contribution >= 4 is 11.8 Å². The molecule has 1 aliphatic carbocycles. The van der Waals surface area contributed by atoms with E-state index >= 15 is 0 Å². The van der Waals surface area contributed by atoms with Crippen LogP contribution in [0.15, 0.2) is 12.1 Å². The summed E-state index contributed by atoms with van der Waals surface area (Å²) in [5.41, 5.74) is 2.42. The van der Waals surface area contributed by atoms with Crippen LogP contribution in [0, 0.1) is 12.8 Å². The molecule has 0 saturated heterocycles. The Morgan fingerprint density at radius 3 is 2.79 bits per heavy atom. The Hall–Kier alpha value is -1.84. The summed E-state index contributed by atoms with van der Waals surface area (Å²) >= 11 is 0. The van der Waals surface area contributed by atoms with Gasteiger partial charge in [-0.2, -0.15) is 0 Å². The Balaban J connectivity index is 2.41. The van der Waals surface area contributed by atoms with E-state index in [2.05, 4.69) is 0 Å². The lowest BCUT2D eigenvalue weighted by Crippen LogP contribution is -2.31. The smallest absolute Gasteiger partial charge is 0.316 e. The Bertz CT molecular complexity index is 519. The second-order valence-corrected chi connectivity index (χ2v) is 4.65. The number of methoxy groups -OCH3 is 1. The number of aryl methyl sites for hydroxylation is 1. The Labute approximate surface area is 112 Å². The molecule has 0 saturated carbocycles. The van der Waals surface area contributed by atoms with Crippen LogP contribution in [0.25, 0.3) is 0 Å². The van der Waals surface area contributed by atoms with Gasteiger partial charge in [0.25, 0.3) is 0 Å². The standard InChI is InChI=1S/C15H18O4/c1-4-19-15(17)11-7-6-10-12(18-3)8-5-9(2)13(10)14(11)16/h5,8,11H,4,6-7H2,1-3H3. The summed E-state index contributed by atoms with van der Waals surface area (Å²) in [7, 11) is 1.59. The van der Waals surface area contributed by atoms with Gasteiger partial charge in [0.2, 0.25) is 0 Å². The third-order valence-corrected chi connectivity index (χ3v) is 3.52. The van der Waals surface area contributed by atoms with E-state index in [1.165, 1.54) is 0 Å². The number of rotatable bonds is 3. The van der Waals surface area contributed by atoms with Gasteiger partial charge in [0.15, 0.2) is 5.78 Å². The van der Waals surface area contributed by atoms with Crippen LogP contribution in [0.2, 0.25) is 0 Å². The van der Waals surface area contributed by atoms with Crippen LogP contribution in [0.5, 0.6) is 5.75 Å². The molecular weight excluding hydrogens is 244 g/mol. The van der Waals surface area contributed by atoms with E-state index < -0.39 is 11.9 Å². The average Bonchev–Trinajstić information content (AvgIpc) is 2.39. The maximum atomic E-state index is 12.5. The molecule has 4 heteroatoms. The molecule has 0 heterocycles. The van der Waals surface area contributed by atoms with Gasteiger partial charge in [-0.05, 0) is 38.3 Å². The lowest BCUT2D eigenvalue weighted by molar-refractivity contribution is -0.146. The van der Waals surface area contributed by atoms with Crippen molar-refractivity contribution in [1.82, 2.24) is 0 Å². The zero-order valence-electron chi connectivity index (χ0n) is 11.5. The maximum Gasteiger partial charge on any atom is 0.316 e. The summed E-state index contributed by atoms with van der Waals surface area (Å²) in [6.45, 7) is 3.92. The number of esters is 1. The van der Waals surface area contributed by atoms with E-state index in [1.54, 1.807) is 14.0 Å². The summed E-state index contributed by atoms with van der Waals surface area (Å²) in [5.74, 6) is -0.508. The number of ether oxygens (including phenoxy) is 2. The Morgan fingerprint density at radius 2 is 2.16 bits per heavy atom. The quantitative estimate of drug-likeness (QED) is 0.619. The van der Waals surface area contributed by atoms with Crippen molar-refractivity contribution in [3.8, 4) is 5.75 Å². The van der Waals surface area contributed by atoms with Gasteiger partial charge in [-0.25, -0.2) is 0 Å². The van der Waals surface area contributed by atoms with Gasteiger partial charge in [-0.3, -0.25) is 9.59 Å². The topological polar surface area (TPSA) is 52.6 Å². The van der Waals surface area contributed by atoms with Crippen molar-refractivity contribution < 1.29 is 19.1 Å². The molecule has 0 spiro atoms. The molecule has 1 aromatic carbocycles. The van der Waals surface area contributed by atoms with Gasteiger partial charge in [0, 0.05) is 11.1 Å². The Kier molecular flexibility index (Phi) is 3.88.